The topological polar surface area (TPSA) is 81.5 Å². The van der Waals surface area contributed by atoms with E-state index in [9.17, 15) is 13.2 Å². The highest BCUT2D eigenvalue weighted by Crippen LogP contribution is 2.36. The van der Waals surface area contributed by atoms with Gasteiger partial charge in [0.2, 0.25) is 10.0 Å². The molecule has 0 spiro atoms. The number of sulfonamides is 1. The molecule has 4 rings (SSSR count). The fraction of sp³-hybridized carbons (Fsp3) is 0.333. The van der Waals surface area contributed by atoms with Crippen molar-refractivity contribution >= 4 is 43.0 Å². The van der Waals surface area contributed by atoms with Gasteiger partial charge >= 0.3 is 5.97 Å². The van der Waals surface area contributed by atoms with Crippen molar-refractivity contribution in [2.24, 2.45) is 7.05 Å². The Labute approximate surface area is 183 Å². The van der Waals surface area contributed by atoms with E-state index in [0.717, 1.165) is 29.7 Å². The number of hydrogen-bond acceptors (Lipinski definition) is 5. The number of imidazole rings is 1. The average molecular weight is 492 g/mol. The summed E-state index contributed by atoms with van der Waals surface area (Å²) in [5.41, 5.74) is 1.98. The minimum atomic E-state index is -3.84. The van der Waals surface area contributed by atoms with Gasteiger partial charge in [0.15, 0.2) is 0 Å². The molecule has 7 nitrogen and oxygen atoms in total. The van der Waals surface area contributed by atoms with Gasteiger partial charge in [-0.1, -0.05) is 18.6 Å². The average Bonchev–Trinajstić information content (AvgIpc) is 3.10. The van der Waals surface area contributed by atoms with Gasteiger partial charge in [-0.2, -0.15) is 4.31 Å². The molecular weight excluding hydrogens is 470 g/mol. The summed E-state index contributed by atoms with van der Waals surface area (Å²) in [7, 11) is -0.661. The van der Waals surface area contributed by atoms with E-state index >= 15 is 0 Å². The third-order valence-corrected chi connectivity index (χ3v) is 8.12. The number of para-hydroxylation sites is 2. The zero-order valence-corrected chi connectivity index (χ0v) is 19.1. The molecule has 2 aromatic carbocycles. The van der Waals surface area contributed by atoms with Crippen LogP contribution >= 0.6 is 15.9 Å². The van der Waals surface area contributed by atoms with Gasteiger partial charge in [0.25, 0.3) is 0 Å². The largest absolute Gasteiger partial charge is 0.465 e. The van der Waals surface area contributed by atoms with Gasteiger partial charge in [-0.05, 0) is 59.1 Å². The fourth-order valence-electron chi connectivity index (χ4n) is 3.98. The van der Waals surface area contributed by atoms with Crippen LogP contribution in [0.2, 0.25) is 0 Å². The van der Waals surface area contributed by atoms with Crippen molar-refractivity contribution in [2.75, 3.05) is 13.7 Å². The van der Waals surface area contributed by atoms with Gasteiger partial charge in [0.05, 0.1) is 34.6 Å². The van der Waals surface area contributed by atoms with Gasteiger partial charge in [0.1, 0.15) is 5.82 Å². The van der Waals surface area contributed by atoms with Crippen molar-refractivity contribution in [3.8, 4) is 0 Å². The number of aryl methyl sites for hydroxylation is 1. The number of carbonyl (C=O) groups is 1. The highest BCUT2D eigenvalue weighted by atomic mass is 79.9. The number of rotatable bonds is 4. The molecule has 158 valence electrons. The van der Waals surface area contributed by atoms with Crippen LogP contribution in [0.15, 0.2) is 51.8 Å². The Bertz CT molecular complexity index is 1220. The Balaban J connectivity index is 1.79. The lowest BCUT2D eigenvalue weighted by Crippen LogP contribution is -2.39. The fourth-order valence-corrected chi connectivity index (χ4v) is 6.07. The molecule has 9 heteroatoms. The summed E-state index contributed by atoms with van der Waals surface area (Å²) in [6.07, 6.45) is 2.39. The number of methoxy groups -OCH3 is 1. The zero-order chi connectivity index (χ0) is 21.5. The first-order chi connectivity index (χ1) is 14.3. The summed E-state index contributed by atoms with van der Waals surface area (Å²) < 4.78 is 35.9. The lowest BCUT2D eigenvalue weighted by Gasteiger charge is -2.34. The van der Waals surface area contributed by atoms with Crippen molar-refractivity contribution in [3.63, 3.8) is 0 Å². The van der Waals surface area contributed by atoms with Crippen LogP contribution in [0.25, 0.3) is 11.0 Å². The van der Waals surface area contributed by atoms with Gasteiger partial charge in [-0.25, -0.2) is 18.2 Å². The van der Waals surface area contributed by atoms with Crippen LogP contribution in [-0.4, -0.2) is 41.9 Å². The van der Waals surface area contributed by atoms with Gasteiger partial charge in [0, 0.05) is 18.1 Å². The lowest BCUT2D eigenvalue weighted by molar-refractivity contribution is 0.0599. The number of halogens is 1. The summed E-state index contributed by atoms with van der Waals surface area (Å²) in [5, 5.41) is 0. The molecule has 3 aromatic rings. The zero-order valence-electron chi connectivity index (χ0n) is 16.7. The highest BCUT2D eigenvalue weighted by Gasteiger charge is 2.37. The lowest BCUT2D eigenvalue weighted by atomic mass is 10.0. The predicted molar refractivity (Wildman–Crippen MR) is 117 cm³/mol. The Morgan fingerprint density at radius 3 is 2.70 bits per heavy atom. The Morgan fingerprint density at radius 2 is 1.97 bits per heavy atom. The van der Waals surface area contributed by atoms with Crippen LogP contribution in [0.1, 0.15) is 41.5 Å². The molecule has 30 heavy (non-hydrogen) atoms. The maximum Gasteiger partial charge on any atom is 0.339 e. The number of piperidine rings is 1. The van der Waals surface area contributed by atoms with Crippen molar-refractivity contribution < 1.29 is 17.9 Å². The van der Waals surface area contributed by atoms with Crippen LogP contribution in [0.3, 0.4) is 0 Å². The number of esters is 1. The quantitative estimate of drug-likeness (QED) is 0.514. The van der Waals surface area contributed by atoms with E-state index in [2.05, 4.69) is 15.9 Å². The molecule has 0 bridgehead atoms. The number of carbonyl (C=O) groups excluding carboxylic acids is 1. The number of nitrogens with zero attached hydrogens (tertiary/aromatic N) is 3. The Hall–Kier alpha value is -2.23. The smallest absolute Gasteiger partial charge is 0.339 e. The van der Waals surface area contributed by atoms with Crippen molar-refractivity contribution in [1.82, 2.24) is 13.9 Å². The molecule has 1 saturated heterocycles. The van der Waals surface area contributed by atoms with Crippen LogP contribution in [0.5, 0.6) is 0 Å². The first-order valence-corrected chi connectivity index (χ1v) is 11.9. The maximum atomic E-state index is 13.6. The van der Waals surface area contributed by atoms with Gasteiger partial charge in [-0.15, -0.1) is 0 Å². The molecule has 1 fully saturated rings. The predicted octanol–water partition coefficient (Wildman–Crippen LogP) is 4.04. The molecular formula is C21H22BrN3O4S. The summed E-state index contributed by atoms with van der Waals surface area (Å²) >= 11 is 3.29. The van der Waals surface area contributed by atoms with Gasteiger partial charge < -0.3 is 9.30 Å². The van der Waals surface area contributed by atoms with E-state index in [1.165, 1.54) is 23.5 Å². The number of benzene rings is 2. The Morgan fingerprint density at radius 1 is 1.20 bits per heavy atom. The monoisotopic (exact) mass is 491 g/mol. The van der Waals surface area contributed by atoms with Crippen molar-refractivity contribution in [1.29, 1.82) is 0 Å². The molecule has 1 atom stereocenters. The van der Waals surface area contributed by atoms with E-state index in [1.807, 2.05) is 35.9 Å². The molecule has 2 heterocycles. The maximum absolute atomic E-state index is 13.6. The summed E-state index contributed by atoms with van der Waals surface area (Å²) in [6.45, 7) is 0.403. The van der Waals surface area contributed by atoms with Crippen molar-refractivity contribution in [3.05, 3.63) is 58.3 Å². The minimum Gasteiger partial charge on any atom is -0.465 e. The van der Waals surface area contributed by atoms with E-state index in [-0.39, 0.29) is 16.5 Å². The summed E-state index contributed by atoms with van der Waals surface area (Å²) in [6, 6.07) is 11.8. The molecule has 0 unspecified atom stereocenters. The van der Waals surface area contributed by atoms with Crippen molar-refractivity contribution in [2.45, 2.75) is 30.2 Å². The summed E-state index contributed by atoms with van der Waals surface area (Å²) in [5.74, 6) is 0.134. The third kappa shape index (κ3) is 3.55. The van der Waals surface area contributed by atoms with E-state index < -0.39 is 16.0 Å². The van der Waals surface area contributed by atoms with Crippen LogP contribution in [0, 0.1) is 0 Å². The number of ether oxygens (including phenoxy) is 1. The SMILES string of the molecule is COC(=O)c1cc(S(=O)(=O)N2CCCC[C@@H]2c2nc3ccccc3n2C)ccc1Br. The molecule has 1 aromatic heterocycles. The van der Waals surface area contributed by atoms with E-state index in [0.29, 0.717) is 17.4 Å². The van der Waals surface area contributed by atoms with Crippen LogP contribution < -0.4 is 0 Å². The first kappa shape index (κ1) is 21.0. The minimum absolute atomic E-state index is 0.0664. The third-order valence-electron chi connectivity index (χ3n) is 5.52. The first-order valence-electron chi connectivity index (χ1n) is 9.65. The molecule has 0 amide bonds. The molecule has 1 aliphatic heterocycles. The second-order valence-corrected chi connectivity index (χ2v) is 10.0. The standard InChI is InChI=1S/C21H22BrN3O4S/c1-24-18-8-4-3-7-17(18)23-20(24)19-9-5-6-12-25(19)30(27,28)14-10-11-16(22)15(13-14)21(26)29-2/h3-4,7-8,10-11,13,19H,5-6,9,12H2,1-2H3/t19-/m1/s1. The normalized spacial score (nSPS) is 17.9. The number of hydrogen-bond donors (Lipinski definition) is 0. The Kier molecular flexibility index (Phi) is 5.69. The van der Waals surface area contributed by atoms with Crippen LogP contribution in [-0.2, 0) is 21.8 Å². The van der Waals surface area contributed by atoms with Gasteiger partial charge in [-0.3, -0.25) is 0 Å². The van der Waals surface area contributed by atoms with Crippen LogP contribution in [0.4, 0.5) is 0 Å². The molecule has 1 aliphatic rings. The number of aromatic nitrogens is 2. The second-order valence-electron chi connectivity index (χ2n) is 7.28. The second kappa shape index (κ2) is 8.13. The molecule has 0 N–H and O–H groups in total. The van der Waals surface area contributed by atoms with E-state index in [1.54, 1.807) is 6.07 Å². The molecule has 0 saturated carbocycles. The molecule has 0 aliphatic carbocycles. The molecule has 0 radical (unpaired) electrons. The van der Waals surface area contributed by atoms with E-state index in [4.69, 9.17) is 9.72 Å². The number of fused-ring (bicyclic) bond motifs is 1. The highest BCUT2D eigenvalue weighted by molar-refractivity contribution is 9.10. The summed E-state index contributed by atoms with van der Waals surface area (Å²) in [4.78, 5) is 16.9.